The molecule has 1 amide bonds. The normalized spacial score (nSPS) is 20.9. The Hall–Kier alpha value is -1.28. The van der Waals surface area contributed by atoms with E-state index in [1.54, 1.807) is 14.2 Å². The molecule has 0 aromatic rings. The van der Waals surface area contributed by atoms with Gasteiger partial charge in [0.1, 0.15) is 0 Å². The van der Waals surface area contributed by atoms with Crippen LogP contribution in [0.5, 0.6) is 0 Å². The molecule has 0 saturated heterocycles. The van der Waals surface area contributed by atoms with Crippen molar-refractivity contribution >= 4 is 20.0 Å². The zero-order valence-electron chi connectivity index (χ0n) is 24.4. The molecule has 0 saturated carbocycles. The fourth-order valence-corrected chi connectivity index (χ4v) is 5.60. The lowest BCUT2D eigenvalue weighted by molar-refractivity contribution is -0.131. The van der Waals surface area contributed by atoms with E-state index >= 15 is 0 Å². The maximum absolute atomic E-state index is 13.2. The Morgan fingerprint density at radius 1 is 1.19 bits per heavy atom. The topological polar surface area (TPSA) is 73.9 Å². The number of unbranched alkanes of at least 4 members (excludes halogenated alkanes) is 2. The molecule has 6 nitrogen and oxygen atoms in total. The van der Waals surface area contributed by atoms with Gasteiger partial charge < -0.3 is 19.2 Å². The highest BCUT2D eigenvalue weighted by molar-refractivity contribution is 6.74. The van der Waals surface area contributed by atoms with Gasteiger partial charge in [-0.1, -0.05) is 65.2 Å². The number of methoxy groups -OCH3 is 2. The minimum atomic E-state index is -2.08. The summed E-state index contributed by atoms with van der Waals surface area (Å²) in [7, 11) is 1.30. The van der Waals surface area contributed by atoms with Gasteiger partial charge in [0.15, 0.2) is 14.1 Å². The minimum Gasteiger partial charge on any atom is -0.413 e. The highest BCUT2D eigenvalue weighted by Gasteiger charge is 2.45. The van der Waals surface area contributed by atoms with Gasteiger partial charge in [0.25, 0.3) is 0 Å². The number of carbonyl (C=O) groups excluding carboxylic acids is 2. The zero-order chi connectivity index (χ0) is 27.4. The van der Waals surface area contributed by atoms with Gasteiger partial charge >= 0.3 is 0 Å². The Morgan fingerprint density at radius 3 is 2.47 bits per heavy atom. The lowest BCUT2D eigenvalue weighted by Crippen LogP contribution is -2.53. The predicted octanol–water partition coefficient (Wildman–Crippen LogP) is 6.37. The van der Waals surface area contributed by atoms with Gasteiger partial charge in [-0.15, -0.1) is 0 Å². The smallest absolute Gasteiger partial charge is 0.220 e. The monoisotopic (exact) mass is 523 g/mol. The number of allylic oxidation sites excluding steroid dienone is 2. The third-order valence-electron chi connectivity index (χ3n) is 7.77. The summed E-state index contributed by atoms with van der Waals surface area (Å²) >= 11 is 0. The first kappa shape index (κ1) is 32.7. The van der Waals surface area contributed by atoms with Gasteiger partial charge in [-0.2, -0.15) is 0 Å². The number of nitrogens with one attached hydrogen (secondary N) is 1. The number of ketones is 1. The quantitative estimate of drug-likeness (QED) is 0.145. The molecule has 1 aliphatic carbocycles. The molecule has 1 aliphatic rings. The fraction of sp³-hybridized carbons (Fsp3) is 0.793. The molecule has 0 aromatic heterocycles. The van der Waals surface area contributed by atoms with Crippen LogP contribution in [0.1, 0.15) is 86.0 Å². The summed E-state index contributed by atoms with van der Waals surface area (Å²) in [6, 6.07) is 0. The van der Waals surface area contributed by atoms with Crippen molar-refractivity contribution in [2.24, 2.45) is 5.92 Å². The lowest BCUT2D eigenvalue weighted by atomic mass is 9.81. The molecule has 0 bridgehead atoms. The second kappa shape index (κ2) is 15.9. The fourth-order valence-electron chi connectivity index (χ4n) is 4.25. The van der Waals surface area contributed by atoms with Crippen LogP contribution in [0.3, 0.4) is 0 Å². The Kier molecular flexibility index (Phi) is 14.4. The summed E-state index contributed by atoms with van der Waals surface area (Å²) in [4.78, 5) is 25.7. The first-order valence-electron chi connectivity index (χ1n) is 13.7. The molecule has 0 aromatic carbocycles. The predicted molar refractivity (Wildman–Crippen MR) is 151 cm³/mol. The summed E-state index contributed by atoms with van der Waals surface area (Å²) in [5, 5.41) is 3.03. The number of ether oxygens (including phenoxy) is 2. The molecule has 1 rings (SSSR count). The van der Waals surface area contributed by atoms with Crippen LogP contribution in [-0.2, 0) is 23.5 Å². The second-order valence-corrected chi connectivity index (χ2v) is 16.4. The van der Waals surface area contributed by atoms with Crippen molar-refractivity contribution in [1.82, 2.24) is 5.32 Å². The third kappa shape index (κ3) is 10.6. The van der Waals surface area contributed by atoms with E-state index in [0.717, 1.165) is 18.4 Å². The van der Waals surface area contributed by atoms with Crippen LogP contribution in [-0.4, -0.2) is 59.1 Å². The number of amides is 1. The molecule has 0 aliphatic heterocycles. The van der Waals surface area contributed by atoms with Crippen LogP contribution in [0, 0.1) is 5.92 Å². The average molecular weight is 524 g/mol. The molecule has 7 heteroatoms. The maximum atomic E-state index is 13.2. The van der Waals surface area contributed by atoms with Crippen molar-refractivity contribution in [3.63, 3.8) is 0 Å². The van der Waals surface area contributed by atoms with Gasteiger partial charge in [-0.05, 0) is 56.3 Å². The highest BCUT2D eigenvalue weighted by atomic mass is 28.4. The summed E-state index contributed by atoms with van der Waals surface area (Å²) in [5.41, 5.74) is 0.748. The van der Waals surface area contributed by atoms with Crippen molar-refractivity contribution in [3.05, 3.63) is 23.8 Å². The standard InChI is InChI=1S/C29H53NO5Si/c1-10-11-13-16-23(33-6)17-14-12-15-18-26(31)30-21-25(34-7)27-24(20-19-22(2)28(27)32)35-36(8,9)29(3,4)5/h12,14,19,23-25,27H,10-11,13,15-18,20-21H2,1-9H3,(H,30,31)/b14-12+/t23-,24-,25-,27-/m0/s1. The molecule has 1 N–H and O–H groups in total. The van der Waals surface area contributed by atoms with Crippen molar-refractivity contribution in [3.8, 4) is 0 Å². The van der Waals surface area contributed by atoms with Crippen molar-refractivity contribution in [2.75, 3.05) is 20.8 Å². The van der Waals surface area contributed by atoms with E-state index in [1.807, 2.05) is 13.0 Å². The first-order chi connectivity index (χ1) is 16.9. The van der Waals surface area contributed by atoms with Crippen LogP contribution >= 0.6 is 0 Å². The van der Waals surface area contributed by atoms with Crippen molar-refractivity contribution < 1.29 is 23.5 Å². The van der Waals surface area contributed by atoms with Crippen LogP contribution in [0.25, 0.3) is 0 Å². The van der Waals surface area contributed by atoms with E-state index < -0.39 is 20.3 Å². The molecular formula is C29H53NO5Si. The third-order valence-corrected chi connectivity index (χ3v) is 12.3. The van der Waals surface area contributed by atoms with Gasteiger partial charge in [-0.3, -0.25) is 9.59 Å². The van der Waals surface area contributed by atoms with E-state index in [1.165, 1.54) is 19.3 Å². The molecular weight excluding hydrogens is 470 g/mol. The van der Waals surface area contributed by atoms with Crippen molar-refractivity contribution in [2.45, 2.75) is 122 Å². The minimum absolute atomic E-state index is 0.0367. The summed E-state index contributed by atoms with van der Waals surface area (Å²) in [6.45, 7) is 15.4. The number of carbonyl (C=O) groups is 2. The SMILES string of the molecule is CCCCC[C@@H](C/C=C/CCC(=O)NC[C@H](OC)[C@H]1C(=O)C(C)=CC[C@@H]1O[Si](C)(C)C(C)(C)C)OC. The highest BCUT2D eigenvalue weighted by Crippen LogP contribution is 2.40. The molecule has 0 heterocycles. The van der Waals surface area contributed by atoms with Gasteiger partial charge in [0.05, 0.1) is 24.2 Å². The Morgan fingerprint density at radius 2 is 1.89 bits per heavy atom. The lowest BCUT2D eigenvalue weighted by Gasteiger charge is -2.43. The van der Waals surface area contributed by atoms with Crippen LogP contribution in [0.4, 0.5) is 0 Å². The number of hydrogen-bond acceptors (Lipinski definition) is 5. The van der Waals surface area contributed by atoms with E-state index in [2.05, 4.69) is 58.3 Å². The van der Waals surface area contributed by atoms with Crippen molar-refractivity contribution in [1.29, 1.82) is 0 Å². The maximum Gasteiger partial charge on any atom is 0.220 e. The zero-order valence-corrected chi connectivity index (χ0v) is 25.4. The summed E-state index contributed by atoms with van der Waals surface area (Å²) < 4.78 is 18.0. The van der Waals surface area contributed by atoms with E-state index in [0.29, 0.717) is 25.8 Å². The van der Waals surface area contributed by atoms with Crippen LogP contribution < -0.4 is 5.32 Å². The van der Waals surface area contributed by atoms with Gasteiger partial charge in [0, 0.05) is 27.2 Å². The molecule has 0 radical (unpaired) electrons. The molecule has 4 atom stereocenters. The Labute approximate surface area is 221 Å². The molecule has 36 heavy (non-hydrogen) atoms. The number of Topliss-reactive ketones (excluding diaryl/α,β-unsaturated/α-hetero) is 1. The van der Waals surface area contributed by atoms with Crippen LogP contribution in [0.2, 0.25) is 18.1 Å². The first-order valence-corrected chi connectivity index (χ1v) is 16.6. The van der Waals surface area contributed by atoms with E-state index in [4.69, 9.17) is 13.9 Å². The van der Waals surface area contributed by atoms with E-state index in [-0.39, 0.29) is 28.9 Å². The van der Waals surface area contributed by atoms with Gasteiger partial charge in [-0.25, -0.2) is 0 Å². The number of rotatable bonds is 16. The second-order valence-electron chi connectivity index (χ2n) is 11.6. The summed E-state index contributed by atoms with van der Waals surface area (Å²) in [6.07, 6.45) is 13.1. The average Bonchev–Trinajstić information content (AvgIpc) is 2.81. The summed E-state index contributed by atoms with van der Waals surface area (Å²) in [5.74, 6) is -0.404. The molecule has 0 spiro atoms. The molecule has 208 valence electrons. The van der Waals surface area contributed by atoms with E-state index in [9.17, 15) is 9.59 Å². The Balaban J connectivity index is 2.64. The van der Waals surface area contributed by atoms with Gasteiger partial charge in [0.2, 0.25) is 5.91 Å². The molecule has 0 unspecified atom stereocenters. The van der Waals surface area contributed by atoms with Crippen LogP contribution in [0.15, 0.2) is 23.8 Å². The Bertz CT molecular complexity index is 740. The number of hydrogen-bond donors (Lipinski definition) is 1. The largest absolute Gasteiger partial charge is 0.413 e. The molecule has 0 fully saturated rings.